The van der Waals surface area contributed by atoms with Gasteiger partial charge in [-0.25, -0.2) is 4.68 Å². The Labute approximate surface area is 156 Å². The van der Waals surface area contributed by atoms with Gasteiger partial charge in [0, 0.05) is 5.39 Å². The number of rotatable bonds is 6. The third-order valence-corrected chi connectivity index (χ3v) is 4.12. The average molecular weight is 367 g/mol. The predicted molar refractivity (Wildman–Crippen MR) is 102 cm³/mol. The van der Waals surface area contributed by atoms with Crippen molar-refractivity contribution in [2.75, 3.05) is 6.61 Å². The first-order chi connectivity index (χ1) is 12.8. The number of nitrogens with two attached hydrogens (primary N) is 1. The van der Waals surface area contributed by atoms with Gasteiger partial charge in [-0.05, 0) is 43.2 Å². The number of nitrogens with zero attached hydrogens (tertiary/aromatic N) is 2. The molecule has 3 N–H and O–H groups in total. The Morgan fingerprint density at radius 3 is 2.44 bits per heavy atom. The van der Waals surface area contributed by atoms with E-state index in [-0.39, 0.29) is 18.8 Å². The maximum atomic E-state index is 12.6. The zero-order valence-corrected chi connectivity index (χ0v) is 15.2. The Kier molecular flexibility index (Phi) is 5.23. The average Bonchev–Trinajstić information content (AvgIpc) is 2.61. The molecule has 3 aromatic rings. The highest BCUT2D eigenvalue weighted by atomic mass is 16.5. The number of hydrogen-bond acceptors (Lipinski definition) is 5. The summed E-state index contributed by atoms with van der Waals surface area (Å²) in [7, 11) is 0. The van der Waals surface area contributed by atoms with E-state index in [1.54, 1.807) is 24.3 Å². The summed E-state index contributed by atoms with van der Waals surface area (Å²) in [6, 6.07) is 12.4. The van der Waals surface area contributed by atoms with Crippen LogP contribution in [-0.2, 0) is 6.54 Å². The number of fused-ring (bicyclic) bond motifs is 1. The summed E-state index contributed by atoms with van der Waals surface area (Å²) in [6.07, 6.45) is -0.988. The molecule has 0 radical (unpaired) electrons. The number of aryl methyl sites for hydroxylation is 2. The standard InChI is InChI=1S/C20H21N3O4/c1-12-7-13(2)9-15(8-12)27-11-14(24)10-23-20(26)17-6-4-3-5-16(17)18(22-23)19(21)25/h3-9,14,24H,10-11H2,1-2H3,(H2,21,25)/t14-/m0/s1. The molecule has 0 unspecified atom stereocenters. The number of carbonyl (C=O) groups excluding carboxylic acids is 1. The van der Waals surface area contributed by atoms with E-state index < -0.39 is 17.6 Å². The van der Waals surface area contributed by atoms with Crippen molar-refractivity contribution >= 4 is 16.7 Å². The molecule has 3 rings (SSSR count). The molecule has 7 nitrogen and oxygen atoms in total. The van der Waals surface area contributed by atoms with Crippen LogP contribution in [-0.4, -0.2) is 33.5 Å². The molecule has 0 spiro atoms. The summed E-state index contributed by atoms with van der Waals surface area (Å²) in [5, 5.41) is 15.0. The Bertz CT molecular complexity index is 1040. The molecular weight excluding hydrogens is 346 g/mol. The van der Waals surface area contributed by atoms with Crippen LogP contribution in [0.25, 0.3) is 10.8 Å². The number of aromatic nitrogens is 2. The van der Waals surface area contributed by atoms with Crippen molar-refractivity contribution in [1.82, 2.24) is 9.78 Å². The first kappa shape index (κ1) is 18.6. The lowest BCUT2D eigenvalue weighted by atomic mass is 10.1. The van der Waals surface area contributed by atoms with E-state index >= 15 is 0 Å². The minimum atomic E-state index is -0.988. The molecule has 0 aliphatic rings. The third-order valence-electron chi connectivity index (χ3n) is 4.12. The highest BCUT2D eigenvalue weighted by Crippen LogP contribution is 2.17. The Hall–Kier alpha value is -3.19. The van der Waals surface area contributed by atoms with Crippen LogP contribution in [0.2, 0.25) is 0 Å². The topological polar surface area (TPSA) is 107 Å². The van der Waals surface area contributed by atoms with E-state index in [9.17, 15) is 14.7 Å². The van der Waals surface area contributed by atoms with E-state index in [0.717, 1.165) is 15.8 Å². The fourth-order valence-electron chi connectivity index (χ4n) is 3.00. The van der Waals surface area contributed by atoms with Gasteiger partial charge >= 0.3 is 0 Å². The Balaban J connectivity index is 1.82. The minimum Gasteiger partial charge on any atom is -0.491 e. The summed E-state index contributed by atoms with van der Waals surface area (Å²) < 4.78 is 6.68. The first-order valence-electron chi connectivity index (χ1n) is 8.54. The maximum absolute atomic E-state index is 12.6. The molecule has 0 saturated heterocycles. The zero-order valence-electron chi connectivity index (χ0n) is 15.2. The van der Waals surface area contributed by atoms with Gasteiger partial charge in [-0.2, -0.15) is 5.10 Å². The van der Waals surface area contributed by atoms with Crippen molar-refractivity contribution in [3.63, 3.8) is 0 Å². The van der Waals surface area contributed by atoms with Crippen molar-refractivity contribution in [2.24, 2.45) is 5.73 Å². The molecule has 1 amide bonds. The van der Waals surface area contributed by atoms with E-state index in [0.29, 0.717) is 16.5 Å². The van der Waals surface area contributed by atoms with Crippen molar-refractivity contribution in [1.29, 1.82) is 0 Å². The molecule has 1 aromatic heterocycles. The van der Waals surface area contributed by atoms with Crippen LogP contribution in [0.5, 0.6) is 5.75 Å². The van der Waals surface area contributed by atoms with Gasteiger partial charge in [-0.1, -0.05) is 24.3 Å². The molecule has 0 saturated carbocycles. The van der Waals surface area contributed by atoms with Crippen molar-refractivity contribution in [2.45, 2.75) is 26.5 Å². The quantitative estimate of drug-likeness (QED) is 0.687. The molecule has 0 aliphatic carbocycles. The first-order valence-corrected chi connectivity index (χ1v) is 8.54. The van der Waals surface area contributed by atoms with Gasteiger partial charge in [-0.15, -0.1) is 0 Å². The largest absolute Gasteiger partial charge is 0.491 e. The molecule has 2 aromatic carbocycles. The van der Waals surface area contributed by atoms with E-state index in [2.05, 4.69) is 5.10 Å². The molecular formula is C20H21N3O4. The van der Waals surface area contributed by atoms with Gasteiger partial charge in [0.25, 0.3) is 11.5 Å². The highest BCUT2D eigenvalue weighted by Gasteiger charge is 2.16. The highest BCUT2D eigenvalue weighted by molar-refractivity contribution is 6.03. The molecule has 0 bridgehead atoms. The predicted octanol–water partition coefficient (Wildman–Crippen LogP) is 1.55. The molecule has 140 valence electrons. The second kappa shape index (κ2) is 7.59. The van der Waals surface area contributed by atoms with Gasteiger partial charge in [0.15, 0.2) is 5.69 Å². The van der Waals surface area contributed by atoms with Crippen LogP contribution in [0.4, 0.5) is 0 Å². The van der Waals surface area contributed by atoms with Gasteiger partial charge in [-0.3, -0.25) is 9.59 Å². The normalized spacial score (nSPS) is 12.1. The third kappa shape index (κ3) is 4.15. The number of aliphatic hydroxyl groups excluding tert-OH is 1. The Morgan fingerprint density at radius 2 is 1.81 bits per heavy atom. The van der Waals surface area contributed by atoms with Gasteiger partial charge in [0.05, 0.1) is 11.9 Å². The van der Waals surface area contributed by atoms with E-state index in [1.807, 2.05) is 32.0 Å². The minimum absolute atomic E-state index is 0.00683. The molecule has 7 heteroatoms. The van der Waals surface area contributed by atoms with E-state index in [1.165, 1.54) is 0 Å². The molecule has 1 heterocycles. The summed E-state index contributed by atoms with van der Waals surface area (Å²) in [5.41, 5.74) is 7.09. The maximum Gasteiger partial charge on any atom is 0.274 e. The summed E-state index contributed by atoms with van der Waals surface area (Å²) in [5.74, 6) is -0.0934. The van der Waals surface area contributed by atoms with Crippen LogP contribution in [0.15, 0.2) is 47.3 Å². The van der Waals surface area contributed by atoms with Gasteiger partial charge < -0.3 is 15.6 Å². The molecule has 1 atom stereocenters. The lowest BCUT2D eigenvalue weighted by Crippen LogP contribution is -2.34. The van der Waals surface area contributed by atoms with Crippen LogP contribution >= 0.6 is 0 Å². The van der Waals surface area contributed by atoms with Gasteiger partial charge in [0.2, 0.25) is 0 Å². The van der Waals surface area contributed by atoms with Crippen LogP contribution in [0.3, 0.4) is 0 Å². The van der Waals surface area contributed by atoms with Crippen LogP contribution in [0.1, 0.15) is 21.6 Å². The smallest absolute Gasteiger partial charge is 0.274 e. The van der Waals surface area contributed by atoms with E-state index in [4.69, 9.17) is 10.5 Å². The fraction of sp³-hybridized carbons (Fsp3) is 0.250. The fourth-order valence-corrected chi connectivity index (χ4v) is 3.00. The lowest BCUT2D eigenvalue weighted by molar-refractivity contribution is 0.0870. The number of aliphatic hydroxyl groups is 1. The summed E-state index contributed by atoms with van der Waals surface area (Å²) >= 11 is 0. The van der Waals surface area contributed by atoms with Gasteiger partial charge in [0.1, 0.15) is 18.5 Å². The summed E-state index contributed by atoms with van der Waals surface area (Å²) in [4.78, 5) is 24.3. The number of hydrogen-bond donors (Lipinski definition) is 2. The summed E-state index contributed by atoms with van der Waals surface area (Å²) in [6.45, 7) is 3.78. The monoisotopic (exact) mass is 367 g/mol. The van der Waals surface area contributed by atoms with Crippen molar-refractivity contribution in [3.8, 4) is 5.75 Å². The number of benzene rings is 2. The number of amides is 1. The Morgan fingerprint density at radius 1 is 1.19 bits per heavy atom. The lowest BCUT2D eigenvalue weighted by Gasteiger charge is -2.15. The second-order valence-electron chi connectivity index (χ2n) is 6.53. The van der Waals surface area contributed by atoms with Crippen molar-refractivity contribution in [3.05, 3.63) is 69.6 Å². The van der Waals surface area contributed by atoms with Crippen LogP contribution in [0, 0.1) is 13.8 Å². The zero-order chi connectivity index (χ0) is 19.6. The SMILES string of the molecule is Cc1cc(C)cc(OC[C@@H](O)Cn2nc(C(N)=O)c3ccccc3c2=O)c1. The molecule has 0 aliphatic heterocycles. The number of ether oxygens (including phenoxy) is 1. The number of primary amides is 1. The molecule has 27 heavy (non-hydrogen) atoms. The second-order valence-corrected chi connectivity index (χ2v) is 6.53. The van der Waals surface area contributed by atoms with Crippen molar-refractivity contribution < 1.29 is 14.6 Å². The number of carbonyl (C=O) groups is 1. The molecule has 0 fully saturated rings. The van der Waals surface area contributed by atoms with Crippen LogP contribution < -0.4 is 16.0 Å².